The molecular formula is C15H12F3N3O3. The molecule has 0 saturated carbocycles. The molecule has 2 aromatic carbocycles. The van der Waals surface area contributed by atoms with Crippen LogP contribution in [0, 0.1) is 24.0 Å². The minimum atomic E-state index is -4.70. The highest BCUT2D eigenvalue weighted by molar-refractivity contribution is 5.61. The number of aryl methyl sites for hydroxylation is 1. The Morgan fingerprint density at radius 2 is 1.79 bits per heavy atom. The summed E-state index contributed by atoms with van der Waals surface area (Å²) in [6, 6.07) is 5.00. The number of hydrogen-bond acceptors (Lipinski definition) is 5. The third-order valence-corrected chi connectivity index (χ3v) is 3.44. The summed E-state index contributed by atoms with van der Waals surface area (Å²) in [6.07, 6.45) is -4.70. The van der Waals surface area contributed by atoms with Gasteiger partial charge in [0.2, 0.25) is 0 Å². The molecule has 0 aliphatic rings. The molecule has 0 aromatic heterocycles. The maximum absolute atomic E-state index is 12.7. The molecule has 0 saturated heterocycles. The lowest BCUT2D eigenvalue weighted by Gasteiger charge is -2.07. The molecule has 24 heavy (non-hydrogen) atoms. The van der Waals surface area contributed by atoms with Gasteiger partial charge in [0.05, 0.1) is 10.5 Å². The van der Waals surface area contributed by atoms with Gasteiger partial charge in [0, 0.05) is 6.07 Å². The van der Waals surface area contributed by atoms with Gasteiger partial charge in [-0.25, -0.2) is 0 Å². The number of alkyl halides is 3. The van der Waals surface area contributed by atoms with Crippen molar-refractivity contribution in [3.63, 3.8) is 0 Å². The lowest BCUT2D eigenvalue weighted by Crippen LogP contribution is -2.05. The number of halogens is 3. The molecular weight excluding hydrogens is 327 g/mol. The number of nitro benzene ring substituents is 1. The third-order valence-electron chi connectivity index (χ3n) is 3.44. The second-order valence-corrected chi connectivity index (χ2v) is 5.03. The molecule has 0 unspecified atom stereocenters. The van der Waals surface area contributed by atoms with Gasteiger partial charge in [0.25, 0.3) is 5.69 Å². The standard InChI is InChI=1S/C15H12F3N3O3/c1-8-3-6-13(22)14(9(8)2)20-19-11-5-4-10(15(16,17)18)7-12(11)21(23)24/h3-7,22H,1-2H3. The van der Waals surface area contributed by atoms with E-state index in [1.165, 1.54) is 6.07 Å². The van der Waals surface area contributed by atoms with Crippen LogP contribution >= 0.6 is 0 Å². The second-order valence-electron chi connectivity index (χ2n) is 5.03. The predicted octanol–water partition coefficient (Wildman–Crippen LogP) is 5.35. The van der Waals surface area contributed by atoms with Crippen molar-refractivity contribution in [1.82, 2.24) is 0 Å². The highest BCUT2D eigenvalue weighted by Gasteiger charge is 2.33. The van der Waals surface area contributed by atoms with Gasteiger partial charge < -0.3 is 5.11 Å². The highest BCUT2D eigenvalue weighted by atomic mass is 19.4. The molecule has 0 spiro atoms. The zero-order chi connectivity index (χ0) is 18.1. The van der Waals surface area contributed by atoms with E-state index in [0.717, 1.165) is 11.6 Å². The number of nitrogens with zero attached hydrogens (tertiary/aromatic N) is 3. The molecule has 0 fully saturated rings. The van der Waals surface area contributed by atoms with E-state index in [-0.39, 0.29) is 17.1 Å². The first-order valence-electron chi connectivity index (χ1n) is 6.68. The van der Waals surface area contributed by atoms with Crippen molar-refractivity contribution in [2.45, 2.75) is 20.0 Å². The van der Waals surface area contributed by atoms with Crippen LogP contribution in [0.2, 0.25) is 0 Å². The monoisotopic (exact) mass is 339 g/mol. The molecule has 1 N–H and O–H groups in total. The van der Waals surface area contributed by atoms with E-state index in [9.17, 15) is 28.4 Å². The number of aromatic hydroxyl groups is 1. The largest absolute Gasteiger partial charge is 0.506 e. The van der Waals surface area contributed by atoms with E-state index in [2.05, 4.69) is 10.2 Å². The number of rotatable bonds is 3. The fourth-order valence-corrected chi connectivity index (χ4v) is 1.95. The first-order valence-corrected chi connectivity index (χ1v) is 6.68. The molecule has 0 heterocycles. The average molecular weight is 339 g/mol. The first kappa shape index (κ1) is 17.4. The summed E-state index contributed by atoms with van der Waals surface area (Å²) in [4.78, 5) is 10.0. The van der Waals surface area contributed by atoms with Crippen LogP contribution in [0.15, 0.2) is 40.6 Å². The number of phenols is 1. The molecule has 0 atom stereocenters. The van der Waals surface area contributed by atoms with E-state index in [1.807, 2.05) is 0 Å². The number of benzene rings is 2. The molecule has 0 aliphatic heterocycles. The number of hydrogen-bond donors (Lipinski definition) is 1. The van der Waals surface area contributed by atoms with Crippen LogP contribution in [0.1, 0.15) is 16.7 Å². The van der Waals surface area contributed by atoms with Gasteiger partial charge >= 0.3 is 6.18 Å². The van der Waals surface area contributed by atoms with Crippen LogP contribution in [0.4, 0.5) is 30.2 Å². The van der Waals surface area contributed by atoms with E-state index < -0.39 is 22.4 Å². The van der Waals surface area contributed by atoms with Gasteiger partial charge in [-0.2, -0.15) is 13.2 Å². The Hall–Kier alpha value is -2.97. The number of phenolic OH excluding ortho intramolecular Hbond substituents is 1. The summed E-state index contributed by atoms with van der Waals surface area (Å²) in [5, 5.41) is 28.2. The molecule has 0 aliphatic carbocycles. The van der Waals surface area contributed by atoms with Gasteiger partial charge in [-0.1, -0.05) is 6.07 Å². The first-order chi connectivity index (χ1) is 11.1. The molecule has 0 bridgehead atoms. The molecule has 9 heteroatoms. The van der Waals surface area contributed by atoms with Gasteiger partial charge in [0.15, 0.2) is 5.69 Å². The Kier molecular flexibility index (Phi) is 4.54. The Balaban J connectivity index is 2.51. The normalized spacial score (nSPS) is 11.9. The van der Waals surface area contributed by atoms with Crippen LogP contribution in [0.25, 0.3) is 0 Å². The highest BCUT2D eigenvalue weighted by Crippen LogP contribution is 2.38. The maximum Gasteiger partial charge on any atom is 0.416 e. The molecule has 2 aromatic rings. The zero-order valence-corrected chi connectivity index (χ0v) is 12.6. The number of nitro groups is 1. The number of azo groups is 1. The van der Waals surface area contributed by atoms with Gasteiger partial charge in [-0.05, 0) is 43.2 Å². The zero-order valence-electron chi connectivity index (χ0n) is 12.6. The minimum absolute atomic E-state index is 0.101. The fourth-order valence-electron chi connectivity index (χ4n) is 1.95. The summed E-state index contributed by atoms with van der Waals surface area (Å²) in [7, 11) is 0. The van der Waals surface area contributed by atoms with Crippen molar-refractivity contribution in [3.05, 3.63) is 57.1 Å². The predicted molar refractivity (Wildman–Crippen MR) is 79.9 cm³/mol. The Bertz CT molecular complexity index is 833. The minimum Gasteiger partial charge on any atom is -0.506 e. The summed E-state index contributed by atoms with van der Waals surface area (Å²) in [5.74, 6) is -0.184. The van der Waals surface area contributed by atoms with Crippen molar-refractivity contribution in [1.29, 1.82) is 0 Å². The van der Waals surface area contributed by atoms with E-state index >= 15 is 0 Å². The second kappa shape index (κ2) is 6.26. The fraction of sp³-hybridized carbons (Fsp3) is 0.200. The van der Waals surface area contributed by atoms with Crippen molar-refractivity contribution < 1.29 is 23.2 Å². The van der Waals surface area contributed by atoms with E-state index in [1.54, 1.807) is 19.9 Å². The SMILES string of the molecule is Cc1ccc(O)c(N=Nc2ccc(C(F)(F)F)cc2[N+](=O)[O-])c1C. The molecule has 0 amide bonds. The topological polar surface area (TPSA) is 88.1 Å². The molecule has 0 radical (unpaired) electrons. The van der Waals surface area contributed by atoms with Gasteiger partial charge in [-0.3, -0.25) is 10.1 Å². The van der Waals surface area contributed by atoms with Crippen LogP contribution in [0.5, 0.6) is 5.75 Å². The third kappa shape index (κ3) is 3.50. The quantitative estimate of drug-likeness (QED) is 0.464. The van der Waals surface area contributed by atoms with Crippen LogP contribution < -0.4 is 0 Å². The van der Waals surface area contributed by atoms with Crippen molar-refractivity contribution in [3.8, 4) is 5.75 Å². The summed E-state index contributed by atoms with van der Waals surface area (Å²) in [5.41, 5.74) is -0.796. The maximum atomic E-state index is 12.7. The molecule has 2 rings (SSSR count). The lowest BCUT2D eigenvalue weighted by atomic mass is 10.1. The van der Waals surface area contributed by atoms with Crippen LogP contribution in [-0.2, 0) is 6.18 Å². The van der Waals surface area contributed by atoms with Gasteiger partial charge in [0.1, 0.15) is 11.4 Å². The van der Waals surface area contributed by atoms with Crippen LogP contribution in [0.3, 0.4) is 0 Å². The van der Waals surface area contributed by atoms with Crippen molar-refractivity contribution >= 4 is 17.1 Å². The van der Waals surface area contributed by atoms with Gasteiger partial charge in [-0.15, -0.1) is 10.2 Å². The van der Waals surface area contributed by atoms with Crippen LogP contribution in [-0.4, -0.2) is 10.0 Å². The average Bonchev–Trinajstić information content (AvgIpc) is 2.50. The van der Waals surface area contributed by atoms with E-state index in [0.29, 0.717) is 17.7 Å². The molecule has 126 valence electrons. The summed E-state index contributed by atoms with van der Waals surface area (Å²) >= 11 is 0. The van der Waals surface area contributed by atoms with E-state index in [4.69, 9.17) is 0 Å². The molecule has 6 nitrogen and oxygen atoms in total. The lowest BCUT2D eigenvalue weighted by molar-refractivity contribution is -0.384. The Labute approximate surface area is 134 Å². The summed E-state index contributed by atoms with van der Waals surface area (Å²) < 4.78 is 38.0. The Morgan fingerprint density at radius 3 is 2.38 bits per heavy atom. The van der Waals surface area contributed by atoms with Crippen molar-refractivity contribution in [2.24, 2.45) is 10.2 Å². The van der Waals surface area contributed by atoms with Crippen molar-refractivity contribution in [2.75, 3.05) is 0 Å². The Morgan fingerprint density at radius 1 is 1.12 bits per heavy atom. The smallest absolute Gasteiger partial charge is 0.416 e. The summed E-state index contributed by atoms with van der Waals surface area (Å²) in [6.45, 7) is 3.44.